The predicted octanol–water partition coefficient (Wildman–Crippen LogP) is 4.10. The number of hydrogen-bond donors (Lipinski definition) is 0. The minimum absolute atomic E-state index is 0. The maximum Gasteiger partial charge on any atom is 0.146 e. The second-order valence-corrected chi connectivity index (χ2v) is 3.29. The van der Waals surface area contributed by atoms with Crippen molar-refractivity contribution >= 4 is 0 Å². The van der Waals surface area contributed by atoms with Crippen molar-refractivity contribution in [2.75, 3.05) is 20.5 Å². The summed E-state index contributed by atoms with van der Waals surface area (Å²) in [5, 5.41) is 0. The van der Waals surface area contributed by atoms with Crippen LogP contribution in [0.4, 0.5) is 0 Å². The standard InChI is InChI=1S/C7H16O2.C4H10.CH4/c1-4-7(2)5-9-6-8-3;1-3-4-2;/h7H,4-6H2,1-3H3;3-4H2,1-2H3;1H4. The summed E-state index contributed by atoms with van der Waals surface area (Å²) in [5.41, 5.74) is 0. The zero-order chi connectivity index (χ0) is 10.5. The molecule has 0 rings (SSSR count). The fraction of sp³-hybridized carbons (Fsp3) is 1.00. The summed E-state index contributed by atoms with van der Waals surface area (Å²) >= 11 is 0. The Morgan fingerprint density at radius 2 is 1.57 bits per heavy atom. The molecule has 0 bridgehead atoms. The van der Waals surface area contributed by atoms with Crippen molar-refractivity contribution in [1.29, 1.82) is 0 Å². The molecule has 1 unspecified atom stereocenters. The van der Waals surface area contributed by atoms with Crippen LogP contribution in [0.5, 0.6) is 0 Å². The molecule has 0 N–H and O–H groups in total. The van der Waals surface area contributed by atoms with E-state index in [2.05, 4.69) is 27.7 Å². The molecule has 0 aliphatic carbocycles. The van der Waals surface area contributed by atoms with E-state index in [1.54, 1.807) is 7.11 Å². The minimum Gasteiger partial charge on any atom is -0.359 e. The van der Waals surface area contributed by atoms with Gasteiger partial charge in [0.2, 0.25) is 0 Å². The van der Waals surface area contributed by atoms with Gasteiger partial charge in [0, 0.05) is 7.11 Å². The topological polar surface area (TPSA) is 18.5 Å². The largest absolute Gasteiger partial charge is 0.359 e. The molecule has 0 heterocycles. The van der Waals surface area contributed by atoms with Crippen molar-refractivity contribution in [3.63, 3.8) is 0 Å². The quantitative estimate of drug-likeness (QED) is 0.481. The zero-order valence-electron chi connectivity index (χ0n) is 9.93. The lowest BCUT2D eigenvalue weighted by atomic mass is 10.1. The monoisotopic (exact) mass is 206 g/mol. The summed E-state index contributed by atoms with van der Waals surface area (Å²) in [5.74, 6) is 0.653. The van der Waals surface area contributed by atoms with Gasteiger partial charge in [0.25, 0.3) is 0 Å². The van der Waals surface area contributed by atoms with Crippen LogP contribution in [0.2, 0.25) is 0 Å². The summed E-state index contributed by atoms with van der Waals surface area (Å²) in [7, 11) is 1.64. The Morgan fingerprint density at radius 1 is 1.07 bits per heavy atom. The summed E-state index contributed by atoms with van der Waals surface area (Å²) < 4.78 is 9.83. The van der Waals surface area contributed by atoms with Gasteiger partial charge in [0.1, 0.15) is 6.79 Å². The summed E-state index contributed by atoms with van der Waals surface area (Å²) in [6.07, 6.45) is 3.81. The van der Waals surface area contributed by atoms with Gasteiger partial charge in [-0.1, -0.05) is 54.4 Å². The van der Waals surface area contributed by atoms with Gasteiger partial charge in [-0.25, -0.2) is 0 Å². The molecule has 0 spiro atoms. The van der Waals surface area contributed by atoms with E-state index in [4.69, 9.17) is 9.47 Å². The Morgan fingerprint density at radius 3 is 1.86 bits per heavy atom. The summed E-state index contributed by atoms with van der Waals surface area (Å²) in [4.78, 5) is 0. The van der Waals surface area contributed by atoms with Gasteiger partial charge in [-0.05, 0) is 5.92 Å². The predicted molar refractivity (Wildman–Crippen MR) is 64.6 cm³/mol. The lowest BCUT2D eigenvalue weighted by Crippen LogP contribution is -2.06. The molecule has 14 heavy (non-hydrogen) atoms. The third-order valence-corrected chi connectivity index (χ3v) is 1.80. The van der Waals surface area contributed by atoms with E-state index in [1.807, 2.05) is 0 Å². The van der Waals surface area contributed by atoms with Gasteiger partial charge in [0.05, 0.1) is 6.61 Å². The van der Waals surface area contributed by atoms with E-state index in [1.165, 1.54) is 19.3 Å². The molecule has 90 valence electrons. The van der Waals surface area contributed by atoms with Crippen LogP contribution in [0.25, 0.3) is 0 Å². The fourth-order valence-corrected chi connectivity index (χ4v) is 0.450. The normalized spacial score (nSPS) is 10.9. The summed E-state index contributed by atoms with van der Waals surface area (Å²) in [6.45, 7) is 9.91. The van der Waals surface area contributed by atoms with E-state index >= 15 is 0 Å². The molecular weight excluding hydrogens is 176 g/mol. The molecule has 0 aromatic carbocycles. The first-order valence-electron chi connectivity index (χ1n) is 5.29. The van der Waals surface area contributed by atoms with Crippen LogP contribution in [-0.4, -0.2) is 20.5 Å². The van der Waals surface area contributed by atoms with Crippen LogP contribution >= 0.6 is 0 Å². The number of methoxy groups -OCH3 is 1. The second-order valence-electron chi connectivity index (χ2n) is 3.29. The number of ether oxygens (including phenoxy) is 2. The summed E-state index contributed by atoms with van der Waals surface area (Å²) in [6, 6.07) is 0. The highest BCUT2D eigenvalue weighted by molar-refractivity contribution is 4.44. The van der Waals surface area contributed by atoms with Crippen molar-refractivity contribution in [3.05, 3.63) is 0 Å². The lowest BCUT2D eigenvalue weighted by molar-refractivity contribution is -0.0417. The molecule has 0 radical (unpaired) electrons. The molecule has 0 saturated carbocycles. The molecule has 0 saturated heterocycles. The number of rotatable bonds is 6. The number of hydrogen-bond acceptors (Lipinski definition) is 2. The average molecular weight is 206 g/mol. The highest BCUT2D eigenvalue weighted by Gasteiger charge is 1.96. The Kier molecular flexibility index (Phi) is 26.0. The maximum absolute atomic E-state index is 5.11. The molecule has 2 nitrogen and oxygen atoms in total. The first kappa shape index (κ1) is 19.5. The van der Waals surface area contributed by atoms with Crippen molar-refractivity contribution in [2.24, 2.45) is 5.92 Å². The van der Waals surface area contributed by atoms with Crippen LogP contribution in [0.1, 0.15) is 54.4 Å². The van der Waals surface area contributed by atoms with E-state index in [0.29, 0.717) is 12.7 Å². The van der Waals surface area contributed by atoms with Gasteiger partial charge < -0.3 is 9.47 Å². The molecule has 0 fully saturated rings. The Labute approximate surface area is 91.0 Å². The molecule has 0 aromatic rings. The van der Waals surface area contributed by atoms with E-state index in [-0.39, 0.29) is 7.43 Å². The molecule has 0 aliphatic rings. The third kappa shape index (κ3) is 22.7. The van der Waals surface area contributed by atoms with Crippen LogP contribution < -0.4 is 0 Å². The maximum atomic E-state index is 5.11. The molecule has 2 heteroatoms. The number of unbranched alkanes of at least 4 members (excludes halogenated alkanes) is 1. The first-order valence-corrected chi connectivity index (χ1v) is 5.29. The molecule has 0 aromatic heterocycles. The van der Waals surface area contributed by atoms with Gasteiger partial charge in [-0.3, -0.25) is 0 Å². The first-order chi connectivity index (χ1) is 6.22. The molecule has 0 amide bonds. The van der Waals surface area contributed by atoms with Crippen LogP contribution in [-0.2, 0) is 9.47 Å². The Bertz CT molecular complexity index is 72.7. The van der Waals surface area contributed by atoms with Crippen molar-refractivity contribution in [1.82, 2.24) is 0 Å². The Balaban J connectivity index is -0.000000209. The van der Waals surface area contributed by atoms with E-state index in [0.717, 1.165) is 6.61 Å². The van der Waals surface area contributed by atoms with Crippen LogP contribution in [0.15, 0.2) is 0 Å². The van der Waals surface area contributed by atoms with Gasteiger partial charge in [-0.2, -0.15) is 0 Å². The lowest BCUT2D eigenvalue weighted by Gasteiger charge is -2.07. The van der Waals surface area contributed by atoms with E-state index in [9.17, 15) is 0 Å². The van der Waals surface area contributed by atoms with Crippen molar-refractivity contribution in [2.45, 2.75) is 54.4 Å². The van der Waals surface area contributed by atoms with Gasteiger partial charge in [0.15, 0.2) is 0 Å². The van der Waals surface area contributed by atoms with Crippen molar-refractivity contribution in [3.8, 4) is 0 Å². The Hall–Kier alpha value is -0.0800. The SMILES string of the molecule is C.CCC(C)COCOC.CCCC. The van der Waals surface area contributed by atoms with Gasteiger partial charge in [-0.15, -0.1) is 0 Å². The van der Waals surface area contributed by atoms with Gasteiger partial charge >= 0.3 is 0 Å². The highest BCUT2D eigenvalue weighted by Crippen LogP contribution is 1.99. The average Bonchev–Trinajstić information content (AvgIpc) is 2.18. The fourth-order valence-electron chi connectivity index (χ4n) is 0.450. The zero-order valence-corrected chi connectivity index (χ0v) is 9.93. The smallest absolute Gasteiger partial charge is 0.146 e. The second kappa shape index (κ2) is 18.7. The van der Waals surface area contributed by atoms with Crippen LogP contribution in [0, 0.1) is 5.92 Å². The van der Waals surface area contributed by atoms with Crippen molar-refractivity contribution < 1.29 is 9.47 Å². The van der Waals surface area contributed by atoms with Crippen LogP contribution in [0.3, 0.4) is 0 Å². The molecule has 1 atom stereocenters. The highest BCUT2D eigenvalue weighted by atomic mass is 16.7. The third-order valence-electron chi connectivity index (χ3n) is 1.80. The minimum atomic E-state index is 0. The molecular formula is C12H30O2. The molecule has 0 aliphatic heterocycles. The van der Waals surface area contributed by atoms with E-state index < -0.39 is 0 Å².